The lowest BCUT2D eigenvalue weighted by atomic mass is 10.2. The van der Waals surface area contributed by atoms with Crippen molar-refractivity contribution in [2.75, 3.05) is 4.72 Å². The van der Waals surface area contributed by atoms with Gasteiger partial charge >= 0.3 is 11.3 Å². The van der Waals surface area contributed by atoms with Crippen molar-refractivity contribution in [1.29, 1.82) is 0 Å². The molecule has 94 valence electrons. The Morgan fingerprint density at radius 1 is 1.06 bits per heavy atom. The van der Waals surface area contributed by atoms with Gasteiger partial charge in [-0.05, 0) is 43.3 Å². The van der Waals surface area contributed by atoms with Crippen LogP contribution in [0.1, 0.15) is 5.56 Å². The Kier molecular flexibility index (Phi) is 3.84. The highest BCUT2D eigenvalue weighted by molar-refractivity contribution is 7.81. The average Bonchev–Trinajstić information content (AvgIpc) is 2.35. The van der Waals surface area contributed by atoms with E-state index in [9.17, 15) is 4.21 Å². The lowest BCUT2D eigenvalue weighted by Crippen LogP contribution is -2.10. The first kappa shape index (κ1) is 12.4. The molecule has 0 heterocycles. The fourth-order valence-corrected chi connectivity index (χ4v) is 1.98. The van der Waals surface area contributed by atoms with E-state index in [1.54, 1.807) is 24.3 Å². The fraction of sp³-hybridized carbons (Fsp3) is 0.0769. The molecule has 0 aromatic heterocycles. The summed E-state index contributed by atoms with van der Waals surface area (Å²) in [6.45, 7) is 1.97. The largest absolute Gasteiger partial charge is 0.508 e. The molecule has 0 aliphatic carbocycles. The normalized spacial score (nSPS) is 11.8. The average molecular weight is 263 g/mol. The minimum atomic E-state index is -1.67. The van der Waals surface area contributed by atoms with Crippen molar-refractivity contribution in [2.45, 2.75) is 6.92 Å². The van der Waals surface area contributed by atoms with E-state index in [0.29, 0.717) is 11.4 Å². The molecular formula is C13H13NO3S. The minimum Gasteiger partial charge on any atom is -0.508 e. The maximum absolute atomic E-state index is 11.7. The van der Waals surface area contributed by atoms with Crippen LogP contribution in [0, 0.1) is 6.92 Å². The number of hydrogen-bond acceptors (Lipinski definition) is 3. The summed E-state index contributed by atoms with van der Waals surface area (Å²) in [7, 11) is 0. The van der Waals surface area contributed by atoms with Gasteiger partial charge in [0.15, 0.2) is 0 Å². The molecule has 0 amide bonds. The summed E-state index contributed by atoms with van der Waals surface area (Å²) in [5.74, 6) is 0.691. The first-order valence-corrected chi connectivity index (χ1v) is 6.43. The Bertz CT molecular complexity index is 488. The molecule has 0 fully saturated rings. The van der Waals surface area contributed by atoms with Crippen molar-refractivity contribution < 1.29 is 13.5 Å². The number of rotatable bonds is 4. The van der Waals surface area contributed by atoms with Crippen LogP contribution < -0.4 is 8.91 Å². The third-order valence-corrected chi connectivity index (χ3v) is 3.01. The van der Waals surface area contributed by atoms with Crippen molar-refractivity contribution in [2.24, 2.45) is 0 Å². The number of hydrogen-bond donors (Lipinski definition) is 2. The molecule has 1 atom stereocenters. The number of phenols is 1. The quantitative estimate of drug-likeness (QED) is 0.834. The van der Waals surface area contributed by atoms with Crippen LogP contribution in [0.25, 0.3) is 0 Å². The Labute approximate surface area is 108 Å². The van der Waals surface area contributed by atoms with Crippen LogP contribution in [0.5, 0.6) is 11.5 Å². The van der Waals surface area contributed by atoms with Gasteiger partial charge < -0.3 is 9.29 Å². The summed E-state index contributed by atoms with van der Waals surface area (Å²) in [6, 6.07) is 13.5. The molecule has 0 aliphatic heterocycles. The van der Waals surface area contributed by atoms with Crippen LogP contribution in [0.3, 0.4) is 0 Å². The van der Waals surface area contributed by atoms with Gasteiger partial charge in [-0.1, -0.05) is 17.7 Å². The van der Waals surface area contributed by atoms with E-state index in [1.807, 2.05) is 19.1 Å². The van der Waals surface area contributed by atoms with Crippen molar-refractivity contribution in [3.8, 4) is 11.5 Å². The smallest absolute Gasteiger partial charge is 0.316 e. The van der Waals surface area contributed by atoms with Crippen LogP contribution in [0.2, 0.25) is 0 Å². The molecule has 2 aromatic rings. The maximum Gasteiger partial charge on any atom is 0.316 e. The van der Waals surface area contributed by atoms with E-state index in [2.05, 4.69) is 4.72 Å². The molecule has 2 N–H and O–H groups in total. The summed E-state index contributed by atoms with van der Waals surface area (Å²) in [4.78, 5) is 0. The van der Waals surface area contributed by atoms with Gasteiger partial charge in [-0.2, -0.15) is 4.21 Å². The van der Waals surface area contributed by atoms with Crippen molar-refractivity contribution in [3.05, 3.63) is 54.1 Å². The van der Waals surface area contributed by atoms with E-state index in [-0.39, 0.29) is 5.75 Å². The second kappa shape index (κ2) is 5.55. The lowest BCUT2D eigenvalue weighted by Gasteiger charge is -2.07. The van der Waals surface area contributed by atoms with Gasteiger partial charge in [0.2, 0.25) is 0 Å². The van der Waals surface area contributed by atoms with E-state index in [0.717, 1.165) is 5.56 Å². The maximum atomic E-state index is 11.7. The van der Waals surface area contributed by atoms with Gasteiger partial charge in [0.25, 0.3) is 0 Å². The first-order valence-electron chi connectivity index (χ1n) is 5.36. The number of aromatic hydroxyl groups is 1. The molecular weight excluding hydrogens is 250 g/mol. The topological polar surface area (TPSA) is 58.6 Å². The second-order valence-electron chi connectivity index (χ2n) is 3.78. The predicted molar refractivity (Wildman–Crippen MR) is 71.7 cm³/mol. The zero-order valence-corrected chi connectivity index (χ0v) is 10.6. The molecule has 0 saturated carbocycles. The molecule has 2 rings (SSSR count). The molecule has 5 heteroatoms. The summed E-state index contributed by atoms with van der Waals surface area (Å²) < 4.78 is 19.5. The number of anilines is 1. The second-order valence-corrected chi connectivity index (χ2v) is 4.62. The molecule has 0 aliphatic rings. The summed E-state index contributed by atoms with van der Waals surface area (Å²) in [5, 5.41) is 9.12. The SMILES string of the molecule is Cc1ccc(OS(=O)Nc2ccc(O)cc2)cc1. The first-order chi connectivity index (χ1) is 8.63. The standard InChI is InChI=1S/C13H13NO3S/c1-10-2-8-13(9-3-10)17-18(16)14-11-4-6-12(15)7-5-11/h2-9,14-15H,1H3. The van der Waals surface area contributed by atoms with Crippen LogP contribution in [0.4, 0.5) is 5.69 Å². The zero-order chi connectivity index (χ0) is 13.0. The third-order valence-electron chi connectivity index (χ3n) is 2.26. The third kappa shape index (κ3) is 3.49. The Morgan fingerprint density at radius 3 is 2.28 bits per heavy atom. The summed E-state index contributed by atoms with van der Waals surface area (Å²) in [6.07, 6.45) is 0. The Hall–Kier alpha value is -2.01. The van der Waals surface area contributed by atoms with Crippen molar-refractivity contribution in [1.82, 2.24) is 0 Å². The van der Waals surface area contributed by atoms with E-state index >= 15 is 0 Å². The summed E-state index contributed by atoms with van der Waals surface area (Å²) in [5.41, 5.74) is 1.72. The number of nitrogens with one attached hydrogen (secondary N) is 1. The zero-order valence-electron chi connectivity index (χ0n) is 9.79. The number of phenolic OH excluding ortho intramolecular Hbond substituents is 1. The Balaban J connectivity index is 1.96. The molecule has 0 spiro atoms. The van der Waals surface area contributed by atoms with E-state index < -0.39 is 11.3 Å². The van der Waals surface area contributed by atoms with Crippen LogP contribution >= 0.6 is 0 Å². The van der Waals surface area contributed by atoms with Gasteiger partial charge in [-0.15, -0.1) is 0 Å². The predicted octanol–water partition coefficient (Wildman–Crippen LogP) is 2.77. The van der Waals surface area contributed by atoms with Crippen molar-refractivity contribution in [3.63, 3.8) is 0 Å². The van der Waals surface area contributed by atoms with Gasteiger partial charge in [0.1, 0.15) is 11.5 Å². The van der Waals surface area contributed by atoms with Crippen LogP contribution in [-0.2, 0) is 11.3 Å². The summed E-state index contributed by atoms with van der Waals surface area (Å²) >= 11 is -1.67. The highest BCUT2D eigenvalue weighted by Gasteiger charge is 2.03. The molecule has 1 unspecified atom stereocenters. The molecule has 18 heavy (non-hydrogen) atoms. The van der Waals surface area contributed by atoms with Crippen LogP contribution in [0.15, 0.2) is 48.5 Å². The van der Waals surface area contributed by atoms with Gasteiger partial charge in [-0.25, -0.2) is 0 Å². The molecule has 4 nitrogen and oxygen atoms in total. The van der Waals surface area contributed by atoms with Crippen molar-refractivity contribution >= 4 is 17.0 Å². The number of aryl methyl sites for hydroxylation is 1. The minimum absolute atomic E-state index is 0.158. The monoisotopic (exact) mass is 263 g/mol. The molecule has 0 saturated heterocycles. The van der Waals surface area contributed by atoms with Crippen LogP contribution in [-0.4, -0.2) is 9.32 Å². The van der Waals surface area contributed by atoms with Gasteiger partial charge in [0.05, 0.1) is 0 Å². The molecule has 0 radical (unpaired) electrons. The van der Waals surface area contributed by atoms with Gasteiger partial charge in [0, 0.05) is 5.69 Å². The lowest BCUT2D eigenvalue weighted by molar-refractivity contribution is 0.475. The number of benzene rings is 2. The van der Waals surface area contributed by atoms with Gasteiger partial charge in [-0.3, -0.25) is 4.72 Å². The molecule has 2 aromatic carbocycles. The molecule has 0 bridgehead atoms. The fourth-order valence-electron chi connectivity index (χ4n) is 1.33. The van der Waals surface area contributed by atoms with E-state index in [1.165, 1.54) is 12.1 Å². The van der Waals surface area contributed by atoms with E-state index in [4.69, 9.17) is 9.29 Å². The highest BCUT2D eigenvalue weighted by Crippen LogP contribution is 2.16. The Morgan fingerprint density at radius 2 is 1.67 bits per heavy atom. The highest BCUT2D eigenvalue weighted by atomic mass is 32.2.